The minimum atomic E-state index is -0.552. The molecule has 21 heavy (non-hydrogen) atoms. The molecule has 0 bridgehead atoms. The molecule has 1 saturated heterocycles. The standard InChI is InChI=1S/C17H19NO3/c1-11-6-5-7-12(2)18(11)16(19)14-10-13-8-3-4-9-15(13)21-17(14)20/h3-4,8-12H,5-7H2,1-2H3/t11-,12-/m0/s1. The number of nitrogens with zero attached hydrogens (tertiary/aromatic N) is 1. The molecule has 0 unspecified atom stereocenters. The molecule has 0 saturated carbocycles. The van der Waals surface area contributed by atoms with Crippen LogP contribution in [0.5, 0.6) is 0 Å². The molecule has 1 aliphatic rings. The van der Waals surface area contributed by atoms with Crippen LogP contribution in [0.4, 0.5) is 0 Å². The zero-order valence-corrected chi connectivity index (χ0v) is 12.3. The first-order valence-electron chi connectivity index (χ1n) is 7.43. The molecule has 4 nitrogen and oxygen atoms in total. The van der Waals surface area contributed by atoms with Crippen molar-refractivity contribution in [2.24, 2.45) is 0 Å². The summed E-state index contributed by atoms with van der Waals surface area (Å²) in [5, 5.41) is 0.776. The molecule has 1 amide bonds. The third-order valence-electron chi connectivity index (χ3n) is 4.30. The topological polar surface area (TPSA) is 50.5 Å². The van der Waals surface area contributed by atoms with Gasteiger partial charge in [-0.05, 0) is 45.2 Å². The van der Waals surface area contributed by atoms with Gasteiger partial charge in [0.25, 0.3) is 5.91 Å². The number of likely N-dealkylation sites (tertiary alicyclic amines) is 1. The van der Waals surface area contributed by atoms with E-state index in [0.717, 1.165) is 24.6 Å². The molecule has 2 atom stereocenters. The smallest absolute Gasteiger partial charge is 0.349 e. The van der Waals surface area contributed by atoms with Crippen molar-refractivity contribution in [2.45, 2.75) is 45.2 Å². The van der Waals surface area contributed by atoms with Gasteiger partial charge in [-0.1, -0.05) is 18.2 Å². The molecule has 0 radical (unpaired) electrons. The predicted octanol–water partition coefficient (Wildman–Crippen LogP) is 3.20. The van der Waals surface area contributed by atoms with Gasteiger partial charge in [-0.3, -0.25) is 4.79 Å². The third-order valence-corrected chi connectivity index (χ3v) is 4.30. The Balaban J connectivity index is 2.05. The number of hydrogen-bond acceptors (Lipinski definition) is 3. The second-order valence-electron chi connectivity index (χ2n) is 5.83. The molecule has 1 aliphatic heterocycles. The molecular weight excluding hydrogens is 266 g/mol. The Labute approximate surface area is 123 Å². The van der Waals surface area contributed by atoms with Crippen molar-refractivity contribution in [3.8, 4) is 0 Å². The number of fused-ring (bicyclic) bond motifs is 1. The van der Waals surface area contributed by atoms with E-state index >= 15 is 0 Å². The van der Waals surface area contributed by atoms with E-state index in [1.54, 1.807) is 12.1 Å². The van der Waals surface area contributed by atoms with Crippen molar-refractivity contribution in [3.63, 3.8) is 0 Å². The third kappa shape index (κ3) is 2.46. The van der Waals surface area contributed by atoms with Crippen LogP contribution < -0.4 is 5.63 Å². The van der Waals surface area contributed by atoms with Gasteiger partial charge >= 0.3 is 5.63 Å². The molecule has 1 fully saturated rings. The van der Waals surface area contributed by atoms with Crippen molar-refractivity contribution >= 4 is 16.9 Å². The molecule has 0 aliphatic carbocycles. The van der Waals surface area contributed by atoms with Gasteiger partial charge in [0.1, 0.15) is 11.1 Å². The highest BCUT2D eigenvalue weighted by molar-refractivity contribution is 5.97. The minimum Gasteiger partial charge on any atom is -0.422 e. The van der Waals surface area contributed by atoms with Gasteiger partial charge in [0, 0.05) is 17.5 Å². The first kappa shape index (κ1) is 13.9. The second-order valence-corrected chi connectivity index (χ2v) is 5.83. The summed E-state index contributed by atoms with van der Waals surface area (Å²) in [6.07, 6.45) is 3.09. The SMILES string of the molecule is C[C@H]1CCC[C@H](C)N1C(=O)c1cc2ccccc2oc1=O. The largest absolute Gasteiger partial charge is 0.422 e. The lowest BCUT2D eigenvalue weighted by Crippen LogP contribution is -2.48. The monoisotopic (exact) mass is 285 g/mol. The molecule has 2 heterocycles. The molecule has 0 N–H and O–H groups in total. The first-order chi connectivity index (χ1) is 10.1. The molecule has 110 valence electrons. The van der Waals surface area contributed by atoms with Crippen LogP contribution >= 0.6 is 0 Å². The summed E-state index contributed by atoms with van der Waals surface area (Å²) in [4.78, 5) is 26.7. The summed E-state index contributed by atoms with van der Waals surface area (Å²) in [6, 6.07) is 9.22. The number of rotatable bonds is 1. The summed E-state index contributed by atoms with van der Waals surface area (Å²) in [5.74, 6) is -0.214. The average molecular weight is 285 g/mol. The van der Waals surface area contributed by atoms with E-state index in [4.69, 9.17) is 4.42 Å². The molecular formula is C17H19NO3. The van der Waals surface area contributed by atoms with Gasteiger partial charge in [-0.15, -0.1) is 0 Å². The van der Waals surface area contributed by atoms with Crippen molar-refractivity contribution in [1.29, 1.82) is 0 Å². The number of benzene rings is 1. The maximum absolute atomic E-state index is 12.8. The van der Waals surface area contributed by atoms with Gasteiger partial charge in [0.2, 0.25) is 0 Å². The van der Waals surface area contributed by atoms with E-state index in [2.05, 4.69) is 0 Å². The maximum atomic E-state index is 12.8. The van der Waals surface area contributed by atoms with E-state index in [9.17, 15) is 9.59 Å². The quantitative estimate of drug-likeness (QED) is 0.756. The number of hydrogen-bond donors (Lipinski definition) is 0. The van der Waals surface area contributed by atoms with Gasteiger partial charge in [-0.25, -0.2) is 4.79 Å². The van der Waals surface area contributed by atoms with Crippen LogP contribution in [-0.2, 0) is 0 Å². The molecule has 1 aromatic heterocycles. The van der Waals surface area contributed by atoms with Crippen molar-refractivity contribution in [3.05, 3.63) is 46.3 Å². The summed E-state index contributed by atoms with van der Waals surface area (Å²) in [6.45, 7) is 4.08. The van der Waals surface area contributed by atoms with E-state index < -0.39 is 5.63 Å². The van der Waals surface area contributed by atoms with Crippen molar-refractivity contribution in [1.82, 2.24) is 4.90 Å². The minimum absolute atomic E-state index is 0.134. The van der Waals surface area contributed by atoms with Crippen molar-refractivity contribution in [2.75, 3.05) is 0 Å². The highest BCUT2D eigenvalue weighted by Crippen LogP contribution is 2.24. The normalized spacial score (nSPS) is 22.5. The number of para-hydroxylation sites is 1. The van der Waals surface area contributed by atoms with Crippen LogP contribution in [0.25, 0.3) is 11.0 Å². The summed E-state index contributed by atoms with van der Waals surface area (Å²) < 4.78 is 5.27. The Bertz CT molecular complexity index is 724. The van der Waals surface area contributed by atoms with Gasteiger partial charge < -0.3 is 9.32 Å². The fraction of sp³-hybridized carbons (Fsp3) is 0.412. The van der Waals surface area contributed by atoms with E-state index in [1.165, 1.54) is 0 Å². The van der Waals surface area contributed by atoms with Crippen LogP contribution in [0.15, 0.2) is 39.5 Å². The molecule has 1 aromatic carbocycles. The van der Waals surface area contributed by atoms with Crippen LogP contribution in [0, 0.1) is 0 Å². The summed E-state index contributed by atoms with van der Waals surface area (Å²) in [5.41, 5.74) is 0.0942. The Kier molecular flexibility index (Phi) is 3.53. The second kappa shape index (κ2) is 5.35. The Morgan fingerprint density at radius 3 is 2.57 bits per heavy atom. The Hall–Kier alpha value is -2.10. The fourth-order valence-electron chi connectivity index (χ4n) is 3.17. The average Bonchev–Trinajstić information content (AvgIpc) is 2.46. The zero-order valence-electron chi connectivity index (χ0n) is 12.3. The Morgan fingerprint density at radius 2 is 1.86 bits per heavy atom. The number of carbonyl (C=O) groups is 1. The molecule has 3 rings (SSSR count). The van der Waals surface area contributed by atoms with Gasteiger partial charge in [-0.2, -0.15) is 0 Å². The Morgan fingerprint density at radius 1 is 1.19 bits per heavy atom. The summed E-state index contributed by atoms with van der Waals surface area (Å²) >= 11 is 0. The molecule has 4 heteroatoms. The fourth-order valence-corrected chi connectivity index (χ4v) is 3.17. The number of piperidine rings is 1. The van der Waals surface area contributed by atoms with Crippen LogP contribution in [-0.4, -0.2) is 22.9 Å². The lowest BCUT2D eigenvalue weighted by atomic mass is 9.96. The zero-order chi connectivity index (χ0) is 15.0. The van der Waals surface area contributed by atoms with E-state index in [0.29, 0.717) is 5.58 Å². The lowest BCUT2D eigenvalue weighted by Gasteiger charge is -2.38. The van der Waals surface area contributed by atoms with Crippen LogP contribution in [0.3, 0.4) is 0 Å². The predicted molar refractivity (Wildman–Crippen MR) is 81.4 cm³/mol. The lowest BCUT2D eigenvalue weighted by molar-refractivity contribution is 0.0506. The highest BCUT2D eigenvalue weighted by Gasteiger charge is 2.31. The highest BCUT2D eigenvalue weighted by atomic mass is 16.4. The first-order valence-corrected chi connectivity index (χ1v) is 7.43. The number of amides is 1. The maximum Gasteiger partial charge on any atom is 0.349 e. The van der Waals surface area contributed by atoms with Crippen molar-refractivity contribution < 1.29 is 9.21 Å². The van der Waals surface area contributed by atoms with Gasteiger partial charge in [0.15, 0.2) is 0 Å². The van der Waals surface area contributed by atoms with Gasteiger partial charge in [0.05, 0.1) is 0 Å². The molecule has 2 aromatic rings. The van der Waals surface area contributed by atoms with E-state index in [1.807, 2.05) is 36.9 Å². The molecule has 0 spiro atoms. The van der Waals surface area contributed by atoms with Crippen LogP contribution in [0.1, 0.15) is 43.5 Å². The van der Waals surface area contributed by atoms with E-state index in [-0.39, 0.29) is 23.6 Å². The summed E-state index contributed by atoms with van der Waals surface area (Å²) in [7, 11) is 0. The van der Waals surface area contributed by atoms with Crippen LogP contribution in [0.2, 0.25) is 0 Å². The number of carbonyl (C=O) groups excluding carboxylic acids is 1.